The van der Waals surface area contributed by atoms with Gasteiger partial charge in [-0.25, -0.2) is 0 Å². The van der Waals surface area contributed by atoms with Crippen LogP contribution in [0.5, 0.6) is 0 Å². The summed E-state index contributed by atoms with van der Waals surface area (Å²) in [6.07, 6.45) is 5.03. The van der Waals surface area contributed by atoms with Crippen molar-refractivity contribution in [1.82, 2.24) is 0 Å². The lowest BCUT2D eigenvalue weighted by atomic mass is 10.3. The van der Waals surface area contributed by atoms with Gasteiger partial charge >= 0.3 is 0 Å². The number of hydrogen-bond donors (Lipinski definition) is 4. The van der Waals surface area contributed by atoms with E-state index in [1.165, 1.54) is 12.5 Å². The number of ether oxygens (including phenoxy) is 1. The van der Waals surface area contributed by atoms with Gasteiger partial charge in [0.05, 0.1) is 37.9 Å². The first-order chi connectivity index (χ1) is 7.20. The van der Waals surface area contributed by atoms with Crippen molar-refractivity contribution in [3.63, 3.8) is 0 Å². The maximum absolute atomic E-state index is 8.93. The Balaban J connectivity index is 3.44. The maximum Gasteiger partial charge on any atom is 0.0862 e. The smallest absolute Gasteiger partial charge is 0.0862 e. The standard InChI is InChI=1S/C10H18O5/c11-7-9(13)3-1-5-15-6-2-4-10(14)8-12/h1-2,5-6,9-14H,3-4,7-8H2. The fraction of sp³-hybridized carbons (Fsp3) is 0.600. The molecule has 0 amide bonds. The third-order valence-electron chi connectivity index (χ3n) is 1.59. The summed E-state index contributed by atoms with van der Waals surface area (Å²) in [6, 6.07) is 0. The maximum atomic E-state index is 8.93. The Labute approximate surface area is 88.9 Å². The topological polar surface area (TPSA) is 90.2 Å². The van der Waals surface area contributed by atoms with Crippen LogP contribution in [0.15, 0.2) is 24.7 Å². The Morgan fingerprint density at radius 2 is 1.27 bits per heavy atom. The molecule has 0 bridgehead atoms. The van der Waals surface area contributed by atoms with Crippen LogP contribution in [0.2, 0.25) is 0 Å². The summed E-state index contributed by atoms with van der Waals surface area (Å²) in [7, 11) is 0. The van der Waals surface area contributed by atoms with Crippen LogP contribution in [0.3, 0.4) is 0 Å². The molecule has 0 aromatic carbocycles. The van der Waals surface area contributed by atoms with Crippen molar-refractivity contribution in [3.05, 3.63) is 24.7 Å². The minimum absolute atomic E-state index is 0.275. The molecule has 0 aliphatic rings. The first-order valence-electron chi connectivity index (χ1n) is 4.74. The van der Waals surface area contributed by atoms with Crippen LogP contribution < -0.4 is 0 Å². The van der Waals surface area contributed by atoms with E-state index in [1.807, 2.05) is 0 Å². The van der Waals surface area contributed by atoms with E-state index in [0.29, 0.717) is 12.8 Å². The highest BCUT2D eigenvalue weighted by Gasteiger charge is 1.97. The molecule has 0 fully saturated rings. The zero-order chi connectivity index (χ0) is 11.5. The predicted molar refractivity (Wildman–Crippen MR) is 54.8 cm³/mol. The largest absolute Gasteiger partial charge is 0.473 e. The number of aliphatic hydroxyl groups is 4. The molecule has 0 rings (SSSR count). The molecule has 0 saturated carbocycles. The normalized spacial score (nSPS) is 16.0. The number of hydrogen-bond acceptors (Lipinski definition) is 5. The van der Waals surface area contributed by atoms with Gasteiger partial charge in [-0.05, 0) is 25.0 Å². The highest BCUT2D eigenvalue weighted by atomic mass is 16.5. The molecular formula is C10H18O5. The molecule has 0 heterocycles. The molecule has 0 aromatic heterocycles. The van der Waals surface area contributed by atoms with Crippen LogP contribution in [0.25, 0.3) is 0 Å². The van der Waals surface area contributed by atoms with Gasteiger partial charge in [0.2, 0.25) is 0 Å². The Hall–Kier alpha value is -0.880. The highest BCUT2D eigenvalue weighted by Crippen LogP contribution is 1.94. The first kappa shape index (κ1) is 14.1. The van der Waals surface area contributed by atoms with Gasteiger partial charge in [0, 0.05) is 0 Å². The van der Waals surface area contributed by atoms with E-state index < -0.39 is 12.2 Å². The first-order valence-corrected chi connectivity index (χ1v) is 4.74. The SMILES string of the molecule is OCC(O)CC=COC=CCC(O)CO. The molecule has 5 heteroatoms. The molecule has 88 valence electrons. The molecule has 2 atom stereocenters. The van der Waals surface area contributed by atoms with E-state index in [2.05, 4.69) is 0 Å². The van der Waals surface area contributed by atoms with Gasteiger partial charge in [0.15, 0.2) is 0 Å². The second-order valence-electron chi connectivity index (χ2n) is 3.02. The quantitative estimate of drug-likeness (QED) is 0.413. The van der Waals surface area contributed by atoms with Gasteiger partial charge in [0.1, 0.15) is 0 Å². The van der Waals surface area contributed by atoms with Crippen LogP contribution >= 0.6 is 0 Å². The van der Waals surface area contributed by atoms with Gasteiger partial charge in [0.25, 0.3) is 0 Å². The van der Waals surface area contributed by atoms with Crippen molar-refractivity contribution >= 4 is 0 Å². The van der Waals surface area contributed by atoms with Crippen molar-refractivity contribution in [2.45, 2.75) is 25.0 Å². The van der Waals surface area contributed by atoms with E-state index in [4.69, 9.17) is 25.2 Å². The second kappa shape index (κ2) is 9.67. The Morgan fingerprint density at radius 1 is 0.867 bits per heavy atom. The van der Waals surface area contributed by atoms with Crippen molar-refractivity contribution < 1.29 is 25.2 Å². The fourth-order valence-electron chi connectivity index (χ4n) is 0.731. The minimum Gasteiger partial charge on any atom is -0.473 e. The summed E-state index contributed by atoms with van der Waals surface area (Å²) in [4.78, 5) is 0. The highest BCUT2D eigenvalue weighted by molar-refractivity contribution is 4.82. The Morgan fingerprint density at radius 3 is 1.60 bits per heavy atom. The van der Waals surface area contributed by atoms with Crippen molar-refractivity contribution in [3.8, 4) is 0 Å². The lowest BCUT2D eigenvalue weighted by Gasteiger charge is -2.01. The van der Waals surface area contributed by atoms with Crippen molar-refractivity contribution in [2.75, 3.05) is 13.2 Å². The number of aliphatic hydroxyl groups excluding tert-OH is 4. The average molecular weight is 218 g/mol. The van der Waals surface area contributed by atoms with Crippen LogP contribution in [-0.2, 0) is 4.74 Å². The summed E-state index contributed by atoms with van der Waals surface area (Å²) in [5, 5.41) is 34.8. The molecule has 5 nitrogen and oxygen atoms in total. The zero-order valence-corrected chi connectivity index (χ0v) is 8.49. The molecule has 0 radical (unpaired) electrons. The summed E-state index contributed by atoms with van der Waals surface area (Å²) in [5.41, 5.74) is 0. The summed E-state index contributed by atoms with van der Waals surface area (Å²) >= 11 is 0. The third-order valence-corrected chi connectivity index (χ3v) is 1.59. The van der Waals surface area contributed by atoms with Crippen molar-refractivity contribution in [2.24, 2.45) is 0 Å². The Kier molecular flexibility index (Phi) is 9.10. The van der Waals surface area contributed by atoms with Crippen LogP contribution in [0.1, 0.15) is 12.8 Å². The van der Waals surface area contributed by atoms with Crippen LogP contribution in [-0.4, -0.2) is 45.8 Å². The van der Waals surface area contributed by atoms with Gasteiger partial charge in [-0.15, -0.1) is 0 Å². The van der Waals surface area contributed by atoms with E-state index in [0.717, 1.165) is 0 Å². The van der Waals surface area contributed by atoms with Gasteiger partial charge in [-0.2, -0.15) is 0 Å². The van der Waals surface area contributed by atoms with E-state index in [-0.39, 0.29) is 13.2 Å². The predicted octanol–water partition coefficient (Wildman–Crippen LogP) is -0.483. The molecular weight excluding hydrogens is 200 g/mol. The Bertz CT molecular complexity index is 170. The second-order valence-corrected chi connectivity index (χ2v) is 3.02. The molecule has 0 aromatic rings. The summed E-state index contributed by atoms with van der Waals surface area (Å²) in [5.74, 6) is 0. The molecule has 2 unspecified atom stereocenters. The van der Waals surface area contributed by atoms with Gasteiger partial charge < -0.3 is 25.2 Å². The van der Waals surface area contributed by atoms with E-state index in [9.17, 15) is 0 Å². The monoisotopic (exact) mass is 218 g/mol. The van der Waals surface area contributed by atoms with E-state index >= 15 is 0 Å². The average Bonchev–Trinajstić information content (AvgIpc) is 2.26. The molecule has 0 spiro atoms. The lowest BCUT2D eigenvalue weighted by Crippen LogP contribution is -2.09. The molecule has 0 saturated heterocycles. The van der Waals surface area contributed by atoms with E-state index in [1.54, 1.807) is 12.2 Å². The molecule has 0 aliphatic heterocycles. The fourth-order valence-corrected chi connectivity index (χ4v) is 0.731. The third kappa shape index (κ3) is 9.42. The summed E-state index contributed by atoms with van der Waals surface area (Å²) in [6.45, 7) is -0.550. The van der Waals surface area contributed by atoms with Gasteiger partial charge in [-0.3, -0.25) is 0 Å². The molecule has 4 N–H and O–H groups in total. The summed E-state index contributed by atoms with van der Waals surface area (Å²) < 4.78 is 4.88. The molecule has 0 aliphatic carbocycles. The lowest BCUT2D eigenvalue weighted by molar-refractivity contribution is 0.0967. The minimum atomic E-state index is -0.759. The van der Waals surface area contributed by atoms with Crippen LogP contribution in [0.4, 0.5) is 0 Å². The van der Waals surface area contributed by atoms with Crippen LogP contribution in [0, 0.1) is 0 Å². The van der Waals surface area contributed by atoms with Crippen molar-refractivity contribution in [1.29, 1.82) is 0 Å². The molecule has 15 heavy (non-hydrogen) atoms. The van der Waals surface area contributed by atoms with Gasteiger partial charge in [-0.1, -0.05) is 0 Å². The number of rotatable bonds is 8. The zero-order valence-electron chi connectivity index (χ0n) is 8.49.